The zero-order valence-electron chi connectivity index (χ0n) is 11.0. The molecule has 5 nitrogen and oxygen atoms in total. The summed E-state index contributed by atoms with van der Waals surface area (Å²) in [5.41, 5.74) is 0.930. The van der Waals surface area contributed by atoms with Crippen molar-refractivity contribution in [1.82, 2.24) is 10.2 Å². The number of rotatable bonds is 4. The van der Waals surface area contributed by atoms with E-state index < -0.39 is 12.1 Å². The van der Waals surface area contributed by atoms with Gasteiger partial charge in [0.1, 0.15) is 12.6 Å². The largest absolute Gasteiger partial charge is 0.445 e. The van der Waals surface area contributed by atoms with Gasteiger partial charge in [-0.1, -0.05) is 46.3 Å². The van der Waals surface area contributed by atoms with Gasteiger partial charge in [-0.3, -0.25) is 9.69 Å². The lowest BCUT2D eigenvalue weighted by Crippen LogP contribution is -2.57. The first-order valence-corrected chi connectivity index (χ1v) is 7.61. The summed E-state index contributed by atoms with van der Waals surface area (Å²) < 4.78 is 5.28. The Balaban J connectivity index is 1.94. The van der Waals surface area contributed by atoms with E-state index in [4.69, 9.17) is 4.74 Å². The molecule has 1 saturated heterocycles. The van der Waals surface area contributed by atoms with Gasteiger partial charge >= 0.3 is 6.09 Å². The van der Waals surface area contributed by atoms with E-state index in [0.717, 1.165) is 5.56 Å². The molecule has 1 aliphatic rings. The molecule has 0 saturated carbocycles. The molecule has 0 spiro atoms. The molecule has 1 heterocycles. The number of carbonyl (C=O) groups is 2. The number of hydrogen-bond donors (Lipinski definition) is 1. The molecular weight excluding hydrogens is 324 g/mol. The summed E-state index contributed by atoms with van der Waals surface area (Å²) in [6, 6.07) is 9.03. The van der Waals surface area contributed by atoms with Crippen molar-refractivity contribution in [3.63, 3.8) is 0 Å². The third kappa shape index (κ3) is 3.80. The Labute approximate surface area is 126 Å². The Morgan fingerprint density at radius 1 is 1.35 bits per heavy atom. The standard InChI is InChI=1S/C14H17BrN2O3/c15-8-13(18)12-9-16-6-7-17(12)14(19)20-10-11-4-2-1-3-5-11/h1-5,12,16H,6-10H2. The number of nitrogens with zero attached hydrogens (tertiary/aromatic N) is 1. The highest BCUT2D eigenvalue weighted by Gasteiger charge is 2.32. The fourth-order valence-corrected chi connectivity index (χ4v) is 2.48. The van der Waals surface area contributed by atoms with Crippen LogP contribution in [0.15, 0.2) is 30.3 Å². The molecule has 1 N–H and O–H groups in total. The number of piperazine rings is 1. The molecule has 1 atom stereocenters. The van der Waals surface area contributed by atoms with Crippen molar-refractivity contribution in [2.24, 2.45) is 0 Å². The summed E-state index contributed by atoms with van der Waals surface area (Å²) in [6.07, 6.45) is -0.436. The molecule has 0 radical (unpaired) electrons. The number of alkyl halides is 1. The normalized spacial score (nSPS) is 18.6. The Bertz CT molecular complexity index is 467. The summed E-state index contributed by atoms with van der Waals surface area (Å²) >= 11 is 3.15. The molecule has 1 unspecified atom stereocenters. The van der Waals surface area contributed by atoms with Crippen LogP contribution in [0.1, 0.15) is 5.56 Å². The van der Waals surface area contributed by atoms with Crippen molar-refractivity contribution in [1.29, 1.82) is 0 Å². The predicted molar refractivity (Wildman–Crippen MR) is 78.8 cm³/mol. The number of benzene rings is 1. The number of ether oxygens (including phenoxy) is 1. The van der Waals surface area contributed by atoms with Crippen LogP contribution in [0.2, 0.25) is 0 Å². The summed E-state index contributed by atoms with van der Waals surface area (Å²) in [4.78, 5) is 25.4. The average molecular weight is 341 g/mol. The van der Waals surface area contributed by atoms with Gasteiger partial charge in [-0.15, -0.1) is 0 Å². The molecular formula is C14H17BrN2O3. The van der Waals surface area contributed by atoms with Crippen LogP contribution in [0, 0.1) is 0 Å². The topological polar surface area (TPSA) is 58.6 Å². The lowest BCUT2D eigenvalue weighted by molar-refractivity contribution is -0.121. The molecule has 0 bridgehead atoms. The zero-order chi connectivity index (χ0) is 14.4. The lowest BCUT2D eigenvalue weighted by Gasteiger charge is -2.34. The number of nitrogens with one attached hydrogen (secondary N) is 1. The van der Waals surface area contributed by atoms with Crippen LogP contribution in [-0.2, 0) is 16.1 Å². The van der Waals surface area contributed by atoms with Crippen LogP contribution in [0.3, 0.4) is 0 Å². The first kappa shape index (κ1) is 15.0. The van der Waals surface area contributed by atoms with E-state index in [1.165, 1.54) is 4.90 Å². The van der Waals surface area contributed by atoms with E-state index in [0.29, 0.717) is 19.6 Å². The second-order valence-corrected chi connectivity index (χ2v) is 5.11. The number of ketones is 1. The zero-order valence-corrected chi connectivity index (χ0v) is 12.6. The Kier molecular flexibility index (Phi) is 5.55. The molecule has 1 aliphatic heterocycles. The Morgan fingerprint density at radius 2 is 2.10 bits per heavy atom. The molecule has 2 rings (SSSR count). The number of amides is 1. The predicted octanol–water partition coefficient (Wildman–Crippen LogP) is 1.56. The highest BCUT2D eigenvalue weighted by Crippen LogP contribution is 2.10. The molecule has 6 heteroatoms. The fourth-order valence-electron chi connectivity index (χ4n) is 2.10. The summed E-state index contributed by atoms with van der Waals surface area (Å²) in [6.45, 7) is 1.85. The Morgan fingerprint density at radius 3 is 2.80 bits per heavy atom. The highest BCUT2D eigenvalue weighted by atomic mass is 79.9. The van der Waals surface area contributed by atoms with Gasteiger partial charge in [0, 0.05) is 19.6 Å². The van der Waals surface area contributed by atoms with E-state index in [9.17, 15) is 9.59 Å². The van der Waals surface area contributed by atoms with Crippen LogP contribution in [-0.4, -0.2) is 47.8 Å². The van der Waals surface area contributed by atoms with Crippen molar-refractivity contribution in [3.8, 4) is 0 Å². The van der Waals surface area contributed by atoms with Crippen LogP contribution >= 0.6 is 15.9 Å². The number of halogens is 1. The van der Waals surface area contributed by atoms with Crippen molar-refractivity contribution in [2.75, 3.05) is 25.0 Å². The van der Waals surface area contributed by atoms with Crippen molar-refractivity contribution >= 4 is 27.8 Å². The molecule has 108 valence electrons. The van der Waals surface area contributed by atoms with Gasteiger partial charge < -0.3 is 10.1 Å². The van der Waals surface area contributed by atoms with Crippen LogP contribution < -0.4 is 5.32 Å². The monoisotopic (exact) mass is 340 g/mol. The van der Waals surface area contributed by atoms with Crippen LogP contribution in [0.4, 0.5) is 4.79 Å². The summed E-state index contributed by atoms with van der Waals surface area (Å²) in [5.74, 6) is -0.0196. The van der Waals surface area contributed by atoms with Gasteiger partial charge in [0.05, 0.1) is 5.33 Å². The summed E-state index contributed by atoms with van der Waals surface area (Å²) in [7, 11) is 0. The lowest BCUT2D eigenvalue weighted by atomic mass is 10.1. The smallest absolute Gasteiger partial charge is 0.410 e. The first-order valence-electron chi connectivity index (χ1n) is 6.49. The minimum absolute atomic E-state index is 0.0196. The molecule has 20 heavy (non-hydrogen) atoms. The van der Waals surface area contributed by atoms with Crippen molar-refractivity contribution < 1.29 is 14.3 Å². The SMILES string of the molecule is O=C(CBr)C1CNCCN1C(=O)OCc1ccccc1. The van der Waals surface area contributed by atoms with Gasteiger partial charge in [-0.25, -0.2) is 4.79 Å². The van der Waals surface area contributed by atoms with E-state index >= 15 is 0 Å². The van der Waals surface area contributed by atoms with Crippen molar-refractivity contribution in [3.05, 3.63) is 35.9 Å². The quantitative estimate of drug-likeness (QED) is 0.845. The second kappa shape index (κ2) is 7.40. The van der Waals surface area contributed by atoms with Gasteiger partial charge in [-0.05, 0) is 5.56 Å². The van der Waals surface area contributed by atoms with Gasteiger partial charge in [0.25, 0.3) is 0 Å². The van der Waals surface area contributed by atoms with Gasteiger partial charge in [0.2, 0.25) is 0 Å². The second-order valence-electron chi connectivity index (χ2n) is 4.55. The Hall–Kier alpha value is -1.40. The number of carbonyl (C=O) groups excluding carboxylic acids is 2. The maximum absolute atomic E-state index is 12.1. The maximum Gasteiger partial charge on any atom is 0.410 e. The number of hydrogen-bond acceptors (Lipinski definition) is 4. The third-order valence-electron chi connectivity index (χ3n) is 3.19. The first-order chi connectivity index (χ1) is 9.72. The molecule has 1 fully saturated rings. The van der Waals surface area contributed by atoms with E-state index in [2.05, 4.69) is 21.2 Å². The molecule has 0 aromatic heterocycles. The van der Waals surface area contributed by atoms with E-state index in [1.54, 1.807) is 0 Å². The minimum atomic E-state index is -0.452. The fraction of sp³-hybridized carbons (Fsp3) is 0.429. The average Bonchev–Trinajstić information content (AvgIpc) is 2.52. The van der Waals surface area contributed by atoms with Crippen LogP contribution in [0.5, 0.6) is 0 Å². The molecule has 1 aromatic carbocycles. The number of Topliss-reactive ketones (excluding diaryl/α,β-unsaturated/α-hetero) is 1. The molecule has 0 aliphatic carbocycles. The van der Waals surface area contributed by atoms with Crippen LogP contribution in [0.25, 0.3) is 0 Å². The third-order valence-corrected chi connectivity index (χ3v) is 3.74. The molecule has 1 aromatic rings. The van der Waals surface area contributed by atoms with Gasteiger partial charge in [0.15, 0.2) is 5.78 Å². The van der Waals surface area contributed by atoms with E-state index in [1.807, 2.05) is 30.3 Å². The highest BCUT2D eigenvalue weighted by molar-refractivity contribution is 9.09. The molecule has 1 amide bonds. The van der Waals surface area contributed by atoms with Crippen molar-refractivity contribution in [2.45, 2.75) is 12.6 Å². The van der Waals surface area contributed by atoms with E-state index in [-0.39, 0.29) is 17.7 Å². The maximum atomic E-state index is 12.1. The summed E-state index contributed by atoms with van der Waals surface area (Å²) in [5, 5.41) is 3.36. The van der Waals surface area contributed by atoms with Gasteiger partial charge in [-0.2, -0.15) is 0 Å². The minimum Gasteiger partial charge on any atom is -0.445 e.